The molecule has 1 atom stereocenters. The van der Waals surface area contributed by atoms with E-state index in [4.69, 9.17) is 5.73 Å². The molecule has 0 radical (unpaired) electrons. The number of nitrogens with zero attached hydrogens (tertiary/aromatic N) is 1. The van der Waals surface area contributed by atoms with Crippen LogP contribution in [-0.2, 0) is 0 Å². The molecule has 1 aliphatic heterocycles. The maximum absolute atomic E-state index is 5.69. The van der Waals surface area contributed by atoms with Crippen LogP contribution in [0.2, 0.25) is 0 Å². The number of unbranched alkanes of at least 4 members (excludes halogenated alkanes) is 7. The number of allylic oxidation sites excluding steroid dienone is 1. The number of nitrogens with two attached hydrogens (primary N) is 1. The number of rotatable bonds is 12. The number of nitrogens with one attached hydrogen (secondary N) is 1. The van der Waals surface area contributed by atoms with E-state index in [1.165, 1.54) is 51.4 Å². The number of amidine groups is 1. The van der Waals surface area contributed by atoms with Gasteiger partial charge in [-0.15, -0.1) is 0 Å². The fourth-order valence-corrected chi connectivity index (χ4v) is 2.65. The minimum Gasteiger partial charge on any atom is -0.371 e. The second kappa shape index (κ2) is 12.0. The van der Waals surface area contributed by atoms with E-state index in [1.807, 2.05) is 0 Å². The molecule has 116 valence electrons. The summed E-state index contributed by atoms with van der Waals surface area (Å²) in [7, 11) is 0. The minimum atomic E-state index is 0.409. The normalized spacial score (nSPS) is 16.4. The predicted octanol–water partition coefficient (Wildman–Crippen LogP) is 3.65. The standard InChI is InChI=1S/C17H33N3/c1-2-3-4-5-6-7-8-9-10-11-16(12-13-18)17-19-14-15-20-17/h10-11,16H,2-9,12-15,18H2,1H3,(H,19,20). The van der Waals surface area contributed by atoms with Crippen LogP contribution >= 0.6 is 0 Å². The molecule has 1 heterocycles. The Balaban J connectivity index is 2.08. The molecule has 0 aromatic rings. The number of aliphatic imine (C=N–C) groups is 1. The highest BCUT2D eigenvalue weighted by Gasteiger charge is 2.14. The van der Waals surface area contributed by atoms with Gasteiger partial charge in [0.15, 0.2) is 0 Å². The predicted molar refractivity (Wildman–Crippen MR) is 89.2 cm³/mol. The summed E-state index contributed by atoms with van der Waals surface area (Å²) in [5.74, 6) is 1.55. The van der Waals surface area contributed by atoms with Crippen molar-refractivity contribution in [3.05, 3.63) is 12.2 Å². The lowest BCUT2D eigenvalue weighted by Gasteiger charge is -2.12. The molecular weight excluding hydrogens is 246 g/mol. The molecule has 20 heavy (non-hydrogen) atoms. The van der Waals surface area contributed by atoms with Crippen molar-refractivity contribution in [3.8, 4) is 0 Å². The highest BCUT2D eigenvalue weighted by molar-refractivity contribution is 5.87. The summed E-state index contributed by atoms with van der Waals surface area (Å²) >= 11 is 0. The summed E-state index contributed by atoms with van der Waals surface area (Å²) in [4.78, 5) is 4.51. The van der Waals surface area contributed by atoms with E-state index in [2.05, 4.69) is 29.4 Å². The maximum Gasteiger partial charge on any atom is 0.103 e. The summed E-state index contributed by atoms with van der Waals surface area (Å²) in [5.41, 5.74) is 5.69. The van der Waals surface area contributed by atoms with Gasteiger partial charge in [0.1, 0.15) is 5.84 Å². The molecule has 0 bridgehead atoms. The Morgan fingerprint density at radius 3 is 2.60 bits per heavy atom. The molecule has 3 nitrogen and oxygen atoms in total. The van der Waals surface area contributed by atoms with Crippen molar-refractivity contribution in [3.63, 3.8) is 0 Å². The summed E-state index contributed by atoms with van der Waals surface area (Å²) in [6.45, 7) is 4.91. The first-order valence-corrected chi connectivity index (χ1v) is 8.53. The Morgan fingerprint density at radius 1 is 1.20 bits per heavy atom. The smallest absolute Gasteiger partial charge is 0.103 e. The molecule has 1 unspecified atom stereocenters. The first-order valence-electron chi connectivity index (χ1n) is 8.53. The van der Waals surface area contributed by atoms with Crippen LogP contribution in [0.5, 0.6) is 0 Å². The van der Waals surface area contributed by atoms with Gasteiger partial charge in [-0.05, 0) is 25.8 Å². The van der Waals surface area contributed by atoms with Gasteiger partial charge in [-0.2, -0.15) is 0 Å². The van der Waals surface area contributed by atoms with Gasteiger partial charge < -0.3 is 11.1 Å². The first-order chi connectivity index (χ1) is 9.88. The molecule has 0 aliphatic carbocycles. The highest BCUT2D eigenvalue weighted by Crippen LogP contribution is 2.12. The van der Waals surface area contributed by atoms with Crippen LogP contribution in [0.15, 0.2) is 17.1 Å². The Labute approximate surface area is 125 Å². The van der Waals surface area contributed by atoms with Gasteiger partial charge >= 0.3 is 0 Å². The van der Waals surface area contributed by atoms with Gasteiger partial charge in [0.05, 0.1) is 6.54 Å². The average Bonchev–Trinajstić information content (AvgIpc) is 2.98. The third-order valence-electron chi connectivity index (χ3n) is 3.87. The van der Waals surface area contributed by atoms with Crippen molar-refractivity contribution in [2.45, 2.75) is 64.7 Å². The average molecular weight is 279 g/mol. The van der Waals surface area contributed by atoms with E-state index >= 15 is 0 Å². The molecule has 0 saturated carbocycles. The van der Waals surface area contributed by atoms with Crippen LogP contribution in [0, 0.1) is 5.92 Å². The molecule has 3 N–H and O–H groups in total. The third kappa shape index (κ3) is 7.68. The largest absolute Gasteiger partial charge is 0.371 e. The van der Waals surface area contributed by atoms with Gasteiger partial charge in [0, 0.05) is 12.5 Å². The lowest BCUT2D eigenvalue weighted by atomic mass is 10.0. The van der Waals surface area contributed by atoms with Crippen LogP contribution in [-0.4, -0.2) is 25.5 Å². The van der Waals surface area contributed by atoms with Crippen LogP contribution in [0.4, 0.5) is 0 Å². The van der Waals surface area contributed by atoms with Crippen molar-refractivity contribution in [2.24, 2.45) is 16.6 Å². The quantitative estimate of drug-likeness (QED) is 0.423. The monoisotopic (exact) mass is 279 g/mol. The topological polar surface area (TPSA) is 50.4 Å². The first kappa shape index (κ1) is 17.2. The second-order valence-electron chi connectivity index (χ2n) is 5.72. The fraction of sp³-hybridized carbons (Fsp3) is 0.824. The summed E-state index contributed by atoms with van der Waals surface area (Å²) in [5, 5.41) is 3.37. The molecule has 0 fully saturated rings. The highest BCUT2D eigenvalue weighted by atomic mass is 15.1. The van der Waals surface area contributed by atoms with E-state index in [9.17, 15) is 0 Å². The van der Waals surface area contributed by atoms with Gasteiger partial charge in [0.25, 0.3) is 0 Å². The van der Waals surface area contributed by atoms with Crippen molar-refractivity contribution in [2.75, 3.05) is 19.6 Å². The summed E-state index contributed by atoms with van der Waals surface area (Å²) in [6, 6.07) is 0. The van der Waals surface area contributed by atoms with E-state index in [1.54, 1.807) is 0 Å². The SMILES string of the molecule is CCCCCCCCCC=CC(CCN)C1=NCCN1. The van der Waals surface area contributed by atoms with Crippen LogP contribution in [0.3, 0.4) is 0 Å². The Bertz CT molecular complexity index is 284. The molecule has 1 aliphatic rings. The maximum atomic E-state index is 5.69. The summed E-state index contributed by atoms with van der Waals surface area (Å²) in [6.07, 6.45) is 16.5. The number of hydrogen-bond donors (Lipinski definition) is 2. The van der Waals surface area contributed by atoms with Gasteiger partial charge in [-0.3, -0.25) is 4.99 Å². The second-order valence-corrected chi connectivity index (χ2v) is 5.72. The van der Waals surface area contributed by atoms with E-state index in [-0.39, 0.29) is 0 Å². The van der Waals surface area contributed by atoms with Crippen molar-refractivity contribution >= 4 is 5.84 Å². The van der Waals surface area contributed by atoms with E-state index in [0.29, 0.717) is 5.92 Å². The fourth-order valence-electron chi connectivity index (χ4n) is 2.65. The molecular formula is C17H33N3. The van der Waals surface area contributed by atoms with Gasteiger partial charge in [-0.25, -0.2) is 0 Å². The molecule has 0 amide bonds. The molecule has 0 aromatic carbocycles. The molecule has 0 aromatic heterocycles. The zero-order valence-corrected chi connectivity index (χ0v) is 13.2. The third-order valence-corrected chi connectivity index (χ3v) is 3.87. The zero-order chi connectivity index (χ0) is 14.5. The Kier molecular flexibility index (Phi) is 10.3. The van der Waals surface area contributed by atoms with Gasteiger partial charge in [0.2, 0.25) is 0 Å². The van der Waals surface area contributed by atoms with Crippen LogP contribution in [0.25, 0.3) is 0 Å². The Hall–Kier alpha value is -0.830. The summed E-state index contributed by atoms with van der Waals surface area (Å²) < 4.78 is 0. The van der Waals surface area contributed by atoms with Crippen molar-refractivity contribution in [1.82, 2.24) is 5.32 Å². The van der Waals surface area contributed by atoms with E-state index < -0.39 is 0 Å². The zero-order valence-electron chi connectivity index (χ0n) is 13.2. The van der Waals surface area contributed by atoms with E-state index in [0.717, 1.165) is 31.9 Å². The molecule has 3 heteroatoms. The molecule has 0 spiro atoms. The van der Waals surface area contributed by atoms with Gasteiger partial charge in [-0.1, -0.05) is 57.6 Å². The van der Waals surface area contributed by atoms with Crippen LogP contribution in [0.1, 0.15) is 64.7 Å². The lowest BCUT2D eigenvalue weighted by Crippen LogP contribution is -2.27. The number of hydrogen-bond acceptors (Lipinski definition) is 3. The lowest BCUT2D eigenvalue weighted by molar-refractivity contribution is 0.591. The minimum absolute atomic E-state index is 0.409. The van der Waals surface area contributed by atoms with Crippen molar-refractivity contribution in [1.29, 1.82) is 0 Å². The molecule has 0 saturated heterocycles. The Morgan fingerprint density at radius 2 is 1.95 bits per heavy atom. The van der Waals surface area contributed by atoms with Crippen LogP contribution < -0.4 is 11.1 Å². The van der Waals surface area contributed by atoms with Crippen molar-refractivity contribution < 1.29 is 0 Å². The molecule has 1 rings (SSSR count).